The van der Waals surface area contributed by atoms with Crippen LogP contribution >= 0.6 is 0 Å². The number of esters is 2. The van der Waals surface area contributed by atoms with Crippen LogP contribution in [0.4, 0.5) is 0 Å². The minimum absolute atomic E-state index is 0.165. The number of hydrogen-bond acceptors (Lipinski definition) is 5. The number of benzene rings is 1. The monoisotopic (exact) mass is 328 g/mol. The lowest BCUT2D eigenvalue weighted by Gasteiger charge is -2.29. The fraction of sp³-hybridized carbons (Fsp3) is 0.278. The fourth-order valence-corrected chi connectivity index (χ4v) is 3.03. The van der Waals surface area contributed by atoms with Gasteiger partial charge in [-0.25, -0.2) is 4.79 Å². The number of ether oxygens (including phenoxy) is 2. The fourth-order valence-electron chi connectivity index (χ4n) is 3.03. The summed E-state index contributed by atoms with van der Waals surface area (Å²) in [7, 11) is 0. The molecule has 1 aromatic carbocycles. The van der Waals surface area contributed by atoms with Crippen LogP contribution in [0.3, 0.4) is 0 Å². The molecular formula is C18H16O6. The molecule has 4 atom stereocenters. The lowest BCUT2D eigenvalue weighted by molar-refractivity contribution is -0.161. The normalized spacial score (nSPS) is 28.4. The van der Waals surface area contributed by atoms with E-state index in [1.165, 1.54) is 12.2 Å². The van der Waals surface area contributed by atoms with Crippen LogP contribution in [-0.2, 0) is 23.9 Å². The molecule has 2 aliphatic rings. The quantitative estimate of drug-likeness (QED) is 0.514. The lowest BCUT2D eigenvalue weighted by atomic mass is 9.76. The van der Waals surface area contributed by atoms with Crippen LogP contribution in [0.1, 0.15) is 5.56 Å². The summed E-state index contributed by atoms with van der Waals surface area (Å²) >= 11 is 0. The summed E-state index contributed by atoms with van der Waals surface area (Å²) < 4.78 is 10.2. The molecule has 6 nitrogen and oxygen atoms in total. The van der Waals surface area contributed by atoms with Crippen molar-refractivity contribution in [3.05, 3.63) is 54.1 Å². The van der Waals surface area contributed by atoms with Gasteiger partial charge in [0.2, 0.25) is 0 Å². The van der Waals surface area contributed by atoms with Crippen molar-refractivity contribution in [3.8, 4) is 0 Å². The van der Waals surface area contributed by atoms with Gasteiger partial charge in [-0.1, -0.05) is 36.4 Å². The van der Waals surface area contributed by atoms with Crippen molar-refractivity contribution in [2.75, 3.05) is 6.61 Å². The number of cyclic esters (lactones) is 1. The first kappa shape index (κ1) is 16.0. The van der Waals surface area contributed by atoms with Crippen molar-refractivity contribution in [2.45, 2.75) is 6.10 Å². The maximum Gasteiger partial charge on any atom is 0.331 e. The first-order valence-corrected chi connectivity index (χ1v) is 7.58. The molecule has 0 spiro atoms. The van der Waals surface area contributed by atoms with Gasteiger partial charge in [-0.15, -0.1) is 0 Å². The molecule has 0 radical (unpaired) electrons. The second-order valence-corrected chi connectivity index (χ2v) is 5.71. The number of fused-ring (bicyclic) bond motifs is 1. The number of hydrogen-bond donors (Lipinski definition) is 1. The Morgan fingerprint density at radius 3 is 2.67 bits per heavy atom. The molecule has 0 amide bonds. The number of carbonyl (C=O) groups is 3. The van der Waals surface area contributed by atoms with Crippen LogP contribution in [-0.4, -0.2) is 35.7 Å². The van der Waals surface area contributed by atoms with Gasteiger partial charge in [0.1, 0.15) is 12.0 Å². The van der Waals surface area contributed by atoms with Gasteiger partial charge in [-0.05, 0) is 17.7 Å². The van der Waals surface area contributed by atoms with E-state index in [1.54, 1.807) is 12.2 Å². The SMILES string of the molecule is O=C(C=Cc1ccccc1)OC1C=CC2COC(=O)C2C1C(=O)O. The molecule has 1 N–H and O–H groups in total. The van der Waals surface area contributed by atoms with Crippen molar-refractivity contribution in [3.63, 3.8) is 0 Å². The smallest absolute Gasteiger partial charge is 0.331 e. The van der Waals surface area contributed by atoms with Gasteiger partial charge in [0, 0.05) is 12.0 Å². The van der Waals surface area contributed by atoms with Gasteiger partial charge < -0.3 is 14.6 Å². The van der Waals surface area contributed by atoms with E-state index >= 15 is 0 Å². The largest absolute Gasteiger partial charge is 0.481 e. The van der Waals surface area contributed by atoms with Crippen molar-refractivity contribution in [2.24, 2.45) is 17.8 Å². The van der Waals surface area contributed by atoms with E-state index in [0.29, 0.717) is 0 Å². The van der Waals surface area contributed by atoms with Crippen LogP contribution in [0, 0.1) is 17.8 Å². The molecule has 1 fully saturated rings. The van der Waals surface area contributed by atoms with E-state index in [4.69, 9.17) is 9.47 Å². The number of carbonyl (C=O) groups excluding carboxylic acids is 2. The molecule has 24 heavy (non-hydrogen) atoms. The van der Waals surface area contributed by atoms with Crippen LogP contribution < -0.4 is 0 Å². The van der Waals surface area contributed by atoms with Gasteiger partial charge in [0.15, 0.2) is 0 Å². The molecular weight excluding hydrogens is 312 g/mol. The Morgan fingerprint density at radius 1 is 1.21 bits per heavy atom. The highest BCUT2D eigenvalue weighted by atomic mass is 16.6. The third-order valence-electron chi connectivity index (χ3n) is 4.19. The Balaban J connectivity index is 1.72. The summed E-state index contributed by atoms with van der Waals surface area (Å²) in [5.41, 5.74) is 0.822. The zero-order valence-corrected chi connectivity index (χ0v) is 12.7. The van der Waals surface area contributed by atoms with Crippen molar-refractivity contribution < 1.29 is 29.0 Å². The predicted molar refractivity (Wildman–Crippen MR) is 83.6 cm³/mol. The maximum absolute atomic E-state index is 12.0. The second-order valence-electron chi connectivity index (χ2n) is 5.71. The zero-order valence-electron chi connectivity index (χ0n) is 12.7. The highest BCUT2D eigenvalue weighted by Gasteiger charge is 2.50. The molecule has 6 heteroatoms. The molecule has 1 aromatic rings. The highest BCUT2D eigenvalue weighted by molar-refractivity contribution is 5.88. The molecule has 0 bridgehead atoms. The van der Waals surface area contributed by atoms with Crippen molar-refractivity contribution >= 4 is 24.0 Å². The molecule has 124 valence electrons. The summed E-state index contributed by atoms with van der Waals surface area (Å²) in [6, 6.07) is 9.17. The van der Waals surface area contributed by atoms with Crippen LogP contribution in [0.2, 0.25) is 0 Å². The number of aliphatic carboxylic acids is 1. The van der Waals surface area contributed by atoms with E-state index in [9.17, 15) is 19.5 Å². The molecule has 1 aliphatic heterocycles. The predicted octanol–water partition coefficient (Wildman–Crippen LogP) is 1.67. The van der Waals surface area contributed by atoms with Crippen molar-refractivity contribution in [1.82, 2.24) is 0 Å². The van der Waals surface area contributed by atoms with Crippen LogP contribution in [0.25, 0.3) is 6.08 Å². The van der Waals surface area contributed by atoms with E-state index in [-0.39, 0.29) is 12.5 Å². The molecule has 1 aliphatic carbocycles. The van der Waals surface area contributed by atoms with Crippen molar-refractivity contribution in [1.29, 1.82) is 0 Å². The Morgan fingerprint density at radius 2 is 1.96 bits per heavy atom. The first-order valence-electron chi connectivity index (χ1n) is 7.58. The standard InChI is InChI=1S/C18H16O6/c19-14(9-6-11-4-2-1-3-5-11)24-13-8-7-12-10-23-18(22)15(12)16(13)17(20)21/h1-9,12-13,15-16H,10H2,(H,20,21). The Hall–Kier alpha value is -2.89. The molecule has 3 rings (SSSR count). The minimum Gasteiger partial charge on any atom is -0.481 e. The Labute approximate surface area is 138 Å². The van der Waals surface area contributed by atoms with Gasteiger partial charge in [0.05, 0.1) is 12.5 Å². The van der Waals surface area contributed by atoms with E-state index in [2.05, 4.69) is 0 Å². The minimum atomic E-state index is -1.18. The highest BCUT2D eigenvalue weighted by Crippen LogP contribution is 2.37. The van der Waals surface area contributed by atoms with E-state index in [0.717, 1.165) is 5.56 Å². The lowest BCUT2D eigenvalue weighted by Crippen LogP contribution is -2.43. The summed E-state index contributed by atoms with van der Waals surface area (Å²) in [6.45, 7) is 0.165. The number of rotatable bonds is 4. The third-order valence-corrected chi connectivity index (χ3v) is 4.19. The molecule has 1 heterocycles. The van der Waals surface area contributed by atoms with E-state index < -0.39 is 35.8 Å². The second kappa shape index (κ2) is 6.70. The summed E-state index contributed by atoms with van der Waals surface area (Å²) in [6.07, 6.45) is 5.03. The number of carboxylic acids is 1. The zero-order chi connectivity index (χ0) is 17.1. The summed E-state index contributed by atoms with van der Waals surface area (Å²) in [5, 5.41) is 9.44. The summed E-state index contributed by atoms with van der Waals surface area (Å²) in [5.74, 6) is -4.64. The maximum atomic E-state index is 12.0. The van der Waals surface area contributed by atoms with E-state index in [1.807, 2.05) is 30.3 Å². The van der Waals surface area contributed by atoms with Crippen LogP contribution in [0.15, 0.2) is 48.6 Å². The molecule has 0 aromatic heterocycles. The van der Waals surface area contributed by atoms with Gasteiger partial charge in [-0.2, -0.15) is 0 Å². The Kier molecular flexibility index (Phi) is 4.46. The van der Waals surface area contributed by atoms with Crippen LogP contribution in [0.5, 0.6) is 0 Å². The number of carboxylic acid groups (broad SMARTS) is 1. The topological polar surface area (TPSA) is 89.9 Å². The van der Waals surface area contributed by atoms with Gasteiger partial charge in [-0.3, -0.25) is 9.59 Å². The molecule has 1 saturated heterocycles. The molecule has 0 saturated carbocycles. The van der Waals surface area contributed by atoms with Gasteiger partial charge in [0.25, 0.3) is 0 Å². The third kappa shape index (κ3) is 3.22. The Bertz CT molecular complexity index is 705. The first-order chi connectivity index (χ1) is 11.6. The average molecular weight is 328 g/mol. The van der Waals surface area contributed by atoms with Gasteiger partial charge >= 0.3 is 17.9 Å². The summed E-state index contributed by atoms with van der Waals surface area (Å²) in [4.78, 5) is 35.3. The molecule has 4 unspecified atom stereocenters. The average Bonchev–Trinajstić information content (AvgIpc) is 2.95.